The summed E-state index contributed by atoms with van der Waals surface area (Å²) in [4.78, 5) is 28.7. The third kappa shape index (κ3) is 4.28. The van der Waals surface area contributed by atoms with Gasteiger partial charge in [0.2, 0.25) is 0 Å². The molecule has 8 heteroatoms. The van der Waals surface area contributed by atoms with E-state index in [1.807, 2.05) is 13.8 Å². The lowest BCUT2D eigenvalue weighted by Gasteiger charge is -2.28. The van der Waals surface area contributed by atoms with E-state index < -0.39 is 0 Å². The fourth-order valence-corrected chi connectivity index (χ4v) is 2.96. The summed E-state index contributed by atoms with van der Waals surface area (Å²) in [5, 5.41) is 6.75. The van der Waals surface area contributed by atoms with Crippen LogP contribution in [0.3, 0.4) is 0 Å². The van der Waals surface area contributed by atoms with Crippen molar-refractivity contribution in [2.24, 2.45) is 0 Å². The Labute approximate surface area is 158 Å². The van der Waals surface area contributed by atoms with E-state index in [1.165, 1.54) is 4.90 Å². The first-order valence-corrected chi connectivity index (χ1v) is 8.87. The van der Waals surface area contributed by atoms with Crippen molar-refractivity contribution >= 4 is 17.6 Å². The molecule has 27 heavy (non-hydrogen) atoms. The van der Waals surface area contributed by atoms with Crippen LogP contribution in [0.1, 0.15) is 27.4 Å². The summed E-state index contributed by atoms with van der Waals surface area (Å²) in [5.41, 5.74) is 2.60. The van der Waals surface area contributed by atoms with Crippen LogP contribution < -0.4 is 5.32 Å². The lowest BCUT2D eigenvalue weighted by atomic mass is 10.1. The number of amides is 3. The highest BCUT2D eigenvalue weighted by atomic mass is 16.5. The van der Waals surface area contributed by atoms with E-state index in [-0.39, 0.29) is 11.9 Å². The highest BCUT2D eigenvalue weighted by molar-refractivity contribution is 6.03. The van der Waals surface area contributed by atoms with Crippen LogP contribution >= 0.6 is 0 Å². The Kier molecular flexibility index (Phi) is 5.75. The molecule has 1 aromatic carbocycles. The summed E-state index contributed by atoms with van der Waals surface area (Å²) in [6.45, 7) is 6.18. The Morgan fingerprint density at radius 3 is 2.59 bits per heavy atom. The smallest absolute Gasteiger partial charge is 0.321 e. The van der Waals surface area contributed by atoms with E-state index >= 15 is 0 Å². The minimum Gasteiger partial charge on any atom is -0.378 e. The number of para-hydroxylation sites is 1. The van der Waals surface area contributed by atoms with Crippen molar-refractivity contribution in [1.82, 2.24) is 15.0 Å². The molecule has 0 aliphatic carbocycles. The molecule has 1 saturated heterocycles. The zero-order valence-corrected chi connectivity index (χ0v) is 15.8. The standard InChI is InChI=1S/C19H24N4O4/c1-13-16(14(2)27-21-13)12-22(3)19(25)20-17-7-5-4-6-15(17)18(24)23-8-10-26-11-9-23/h4-7H,8-12H2,1-3H3,(H,20,25). The van der Waals surface area contributed by atoms with Crippen LogP contribution in [0.25, 0.3) is 0 Å². The zero-order chi connectivity index (χ0) is 19.4. The number of rotatable bonds is 4. The maximum Gasteiger partial charge on any atom is 0.321 e. The zero-order valence-electron chi connectivity index (χ0n) is 15.8. The topological polar surface area (TPSA) is 87.9 Å². The molecule has 3 rings (SSSR count). The normalized spacial score (nSPS) is 14.1. The maximum atomic E-state index is 12.8. The van der Waals surface area contributed by atoms with Gasteiger partial charge >= 0.3 is 6.03 Å². The molecule has 0 spiro atoms. The van der Waals surface area contributed by atoms with E-state index in [0.717, 1.165) is 11.3 Å². The van der Waals surface area contributed by atoms with Gasteiger partial charge in [-0.15, -0.1) is 0 Å². The first kappa shape index (κ1) is 18.9. The molecule has 2 heterocycles. The number of nitrogens with zero attached hydrogens (tertiary/aromatic N) is 3. The number of hydrogen-bond donors (Lipinski definition) is 1. The predicted molar refractivity (Wildman–Crippen MR) is 99.6 cm³/mol. The molecular weight excluding hydrogens is 348 g/mol. The first-order chi connectivity index (χ1) is 13.0. The largest absolute Gasteiger partial charge is 0.378 e. The van der Waals surface area contributed by atoms with Crippen LogP contribution in [0.5, 0.6) is 0 Å². The third-order valence-electron chi connectivity index (χ3n) is 4.62. The molecule has 144 valence electrons. The predicted octanol–water partition coefficient (Wildman–Crippen LogP) is 2.43. The lowest BCUT2D eigenvalue weighted by Crippen LogP contribution is -2.41. The quantitative estimate of drug-likeness (QED) is 0.891. The Hall–Kier alpha value is -2.87. The van der Waals surface area contributed by atoms with Gasteiger partial charge in [-0.05, 0) is 26.0 Å². The van der Waals surface area contributed by atoms with Gasteiger partial charge in [-0.2, -0.15) is 0 Å². The summed E-state index contributed by atoms with van der Waals surface area (Å²) >= 11 is 0. The molecular formula is C19H24N4O4. The number of ether oxygens (including phenoxy) is 1. The van der Waals surface area contributed by atoms with Crippen molar-refractivity contribution < 1.29 is 18.8 Å². The minimum absolute atomic E-state index is 0.109. The van der Waals surface area contributed by atoms with E-state index in [9.17, 15) is 9.59 Å². The van der Waals surface area contributed by atoms with Crippen molar-refractivity contribution in [3.05, 3.63) is 46.8 Å². The van der Waals surface area contributed by atoms with Crippen molar-refractivity contribution in [3.8, 4) is 0 Å². The van der Waals surface area contributed by atoms with Crippen molar-refractivity contribution in [3.63, 3.8) is 0 Å². The number of nitrogens with one attached hydrogen (secondary N) is 1. The number of anilines is 1. The monoisotopic (exact) mass is 372 g/mol. The summed E-state index contributed by atoms with van der Waals surface area (Å²) in [6, 6.07) is 6.73. The van der Waals surface area contributed by atoms with Gasteiger partial charge < -0.3 is 24.4 Å². The van der Waals surface area contributed by atoms with Gasteiger partial charge in [-0.3, -0.25) is 4.79 Å². The van der Waals surface area contributed by atoms with Crippen molar-refractivity contribution in [2.75, 3.05) is 38.7 Å². The highest BCUT2D eigenvalue weighted by Crippen LogP contribution is 2.20. The first-order valence-electron chi connectivity index (χ1n) is 8.87. The molecule has 1 aliphatic rings. The van der Waals surface area contributed by atoms with Crippen LogP contribution in [-0.4, -0.2) is 60.2 Å². The molecule has 0 saturated carbocycles. The van der Waals surface area contributed by atoms with Crippen molar-refractivity contribution in [2.45, 2.75) is 20.4 Å². The molecule has 0 radical (unpaired) electrons. The fourth-order valence-electron chi connectivity index (χ4n) is 2.96. The number of urea groups is 1. The Morgan fingerprint density at radius 2 is 1.93 bits per heavy atom. The molecule has 1 aliphatic heterocycles. The number of aromatic nitrogens is 1. The second kappa shape index (κ2) is 8.22. The maximum absolute atomic E-state index is 12.8. The van der Waals surface area contributed by atoms with Gasteiger partial charge in [0.05, 0.1) is 36.7 Å². The fraction of sp³-hybridized carbons (Fsp3) is 0.421. The number of aryl methyl sites for hydroxylation is 2. The summed E-state index contributed by atoms with van der Waals surface area (Å²) in [5.74, 6) is 0.581. The minimum atomic E-state index is -0.308. The number of carbonyl (C=O) groups excluding carboxylic acids is 2. The molecule has 1 fully saturated rings. The van der Waals surface area contributed by atoms with Crippen LogP contribution in [0.4, 0.5) is 10.5 Å². The van der Waals surface area contributed by atoms with Crippen LogP contribution in [0.2, 0.25) is 0 Å². The van der Waals surface area contributed by atoms with Gasteiger partial charge in [-0.1, -0.05) is 17.3 Å². The average Bonchev–Trinajstić information content (AvgIpc) is 3.00. The molecule has 0 bridgehead atoms. The SMILES string of the molecule is Cc1noc(C)c1CN(C)C(=O)Nc1ccccc1C(=O)N1CCOCC1. The Balaban J connectivity index is 1.71. The van der Waals surface area contributed by atoms with Gasteiger partial charge in [0.1, 0.15) is 5.76 Å². The molecule has 0 atom stereocenters. The second-order valence-corrected chi connectivity index (χ2v) is 6.54. The van der Waals surface area contributed by atoms with Gasteiger partial charge in [0.25, 0.3) is 5.91 Å². The highest BCUT2D eigenvalue weighted by Gasteiger charge is 2.22. The number of benzene rings is 1. The van der Waals surface area contributed by atoms with Crippen LogP contribution in [0.15, 0.2) is 28.8 Å². The lowest BCUT2D eigenvalue weighted by molar-refractivity contribution is 0.0303. The molecule has 8 nitrogen and oxygen atoms in total. The van der Waals surface area contributed by atoms with E-state index in [4.69, 9.17) is 9.26 Å². The summed E-state index contributed by atoms with van der Waals surface area (Å²) < 4.78 is 10.4. The number of morpholine rings is 1. The molecule has 2 aromatic rings. The molecule has 1 aromatic heterocycles. The van der Waals surface area contributed by atoms with Gasteiger partial charge in [0.15, 0.2) is 0 Å². The van der Waals surface area contributed by atoms with E-state index in [2.05, 4.69) is 10.5 Å². The summed E-state index contributed by atoms with van der Waals surface area (Å²) in [6.07, 6.45) is 0. The second-order valence-electron chi connectivity index (χ2n) is 6.54. The molecule has 3 amide bonds. The third-order valence-corrected chi connectivity index (χ3v) is 4.62. The van der Waals surface area contributed by atoms with Crippen LogP contribution in [0, 0.1) is 13.8 Å². The Morgan fingerprint density at radius 1 is 1.22 bits per heavy atom. The van der Waals surface area contributed by atoms with E-state index in [0.29, 0.717) is 49.9 Å². The Bertz CT molecular complexity index is 807. The number of carbonyl (C=O) groups is 2. The van der Waals surface area contributed by atoms with Gasteiger partial charge in [0, 0.05) is 25.7 Å². The molecule has 1 N–H and O–H groups in total. The van der Waals surface area contributed by atoms with Crippen LogP contribution in [-0.2, 0) is 11.3 Å². The van der Waals surface area contributed by atoms with Crippen molar-refractivity contribution in [1.29, 1.82) is 0 Å². The van der Waals surface area contributed by atoms with E-state index in [1.54, 1.807) is 36.2 Å². The molecule has 0 unspecified atom stereocenters. The summed E-state index contributed by atoms with van der Waals surface area (Å²) in [7, 11) is 1.69. The van der Waals surface area contributed by atoms with Gasteiger partial charge in [-0.25, -0.2) is 4.79 Å². The average molecular weight is 372 g/mol. The number of hydrogen-bond acceptors (Lipinski definition) is 5.